The third kappa shape index (κ3) is 5.58. The third-order valence-corrected chi connectivity index (χ3v) is 4.82. The largest absolute Gasteiger partial charge is 0.362 e. The summed E-state index contributed by atoms with van der Waals surface area (Å²) in [5.41, 5.74) is 3.65. The molecular formula is C18H29N3S. The normalized spacial score (nSPS) is 16.5. The number of hydrogen-bond acceptors (Lipinski definition) is 2. The van der Waals surface area contributed by atoms with Gasteiger partial charge in [-0.2, -0.15) is 0 Å². The highest BCUT2D eigenvalue weighted by Crippen LogP contribution is 2.16. The molecule has 0 bridgehead atoms. The Morgan fingerprint density at radius 2 is 1.95 bits per heavy atom. The van der Waals surface area contributed by atoms with E-state index in [1.54, 1.807) is 0 Å². The molecule has 0 amide bonds. The Hall–Kier alpha value is -1.13. The lowest BCUT2D eigenvalue weighted by Crippen LogP contribution is -2.36. The van der Waals surface area contributed by atoms with Gasteiger partial charge in [0.05, 0.1) is 0 Å². The molecule has 3 nitrogen and oxygen atoms in total. The molecule has 0 unspecified atom stereocenters. The van der Waals surface area contributed by atoms with E-state index >= 15 is 0 Å². The van der Waals surface area contributed by atoms with Gasteiger partial charge in [-0.3, -0.25) is 0 Å². The quantitative estimate of drug-likeness (QED) is 0.639. The number of anilines is 1. The van der Waals surface area contributed by atoms with Gasteiger partial charge < -0.3 is 15.5 Å². The number of nitrogens with one attached hydrogen (secondary N) is 2. The fourth-order valence-electron chi connectivity index (χ4n) is 2.78. The minimum Gasteiger partial charge on any atom is -0.362 e. The summed E-state index contributed by atoms with van der Waals surface area (Å²) < 4.78 is 0. The number of likely N-dealkylation sites (tertiary alicyclic amines) is 1. The van der Waals surface area contributed by atoms with Crippen LogP contribution < -0.4 is 10.6 Å². The lowest BCUT2D eigenvalue weighted by Gasteiger charge is -2.30. The number of rotatable bonds is 5. The first-order chi connectivity index (χ1) is 10.5. The maximum Gasteiger partial charge on any atom is 0.170 e. The molecule has 22 heavy (non-hydrogen) atoms. The molecule has 0 aliphatic carbocycles. The van der Waals surface area contributed by atoms with Gasteiger partial charge in [-0.1, -0.05) is 13.0 Å². The Bertz CT molecular complexity index is 493. The minimum absolute atomic E-state index is 0.718. The molecule has 1 aromatic carbocycles. The van der Waals surface area contributed by atoms with Crippen LogP contribution in [-0.2, 0) is 0 Å². The maximum absolute atomic E-state index is 5.36. The van der Waals surface area contributed by atoms with Gasteiger partial charge in [0.15, 0.2) is 5.11 Å². The molecule has 4 heteroatoms. The fourth-order valence-corrected chi connectivity index (χ4v) is 3.00. The smallest absolute Gasteiger partial charge is 0.170 e. The number of aryl methyl sites for hydroxylation is 2. The van der Waals surface area contributed by atoms with Crippen molar-refractivity contribution >= 4 is 23.0 Å². The molecule has 1 fully saturated rings. The van der Waals surface area contributed by atoms with Gasteiger partial charge >= 0.3 is 0 Å². The first-order valence-electron chi connectivity index (χ1n) is 8.39. The van der Waals surface area contributed by atoms with Crippen LogP contribution >= 0.6 is 12.2 Å². The van der Waals surface area contributed by atoms with Gasteiger partial charge in [-0.25, -0.2) is 0 Å². The van der Waals surface area contributed by atoms with E-state index in [1.165, 1.54) is 43.6 Å². The summed E-state index contributed by atoms with van der Waals surface area (Å²) in [6, 6.07) is 6.33. The molecule has 0 saturated carbocycles. The summed E-state index contributed by atoms with van der Waals surface area (Å²) in [6.45, 7) is 11.2. The molecule has 122 valence electrons. The molecule has 2 rings (SSSR count). The number of piperidine rings is 1. The van der Waals surface area contributed by atoms with Crippen molar-refractivity contribution in [1.82, 2.24) is 10.2 Å². The second-order valence-electron chi connectivity index (χ2n) is 6.56. The van der Waals surface area contributed by atoms with E-state index in [0.717, 1.165) is 29.7 Å². The number of thiocarbonyl (C=S) groups is 1. The van der Waals surface area contributed by atoms with Crippen molar-refractivity contribution in [1.29, 1.82) is 0 Å². The summed E-state index contributed by atoms with van der Waals surface area (Å²) in [5.74, 6) is 0.907. The van der Waals surface area contributed by atoms with Crippen molar-refractivity contribution in [3.05, 3.63) is 29.3 Å². The molecule has 1 heterocycles. The van der Waals surface area contributed by atoms with Crippen LogP contribution in [0.2, 0.25) is 0 Å². The SMILES string of the molecule is Cc1ccc(NC(=S)NCCCN2CCC(C)CC2)cc1C. The molecule has 1 saturated heterocycles. The van der Waals surface area contributed by atoms with E-state index < -0.39 is 0 Å². The molecule has 1 aromatic rings. The Kier molecular flexibility index (Phi) is 6.65. The van der Waals surface area contributed by atoms with Crippen molar-refractivity contribution < 1.29 is 0 Å². The Labute approximate surface area is 140 Å². The second kappa shape index (κ2) is 8.49. The predicted octanol–water partition coefficient (Wildman–Crippen LogP) is 3.71. The first kappa shape index (κ1) is 17.2. The van der Waals surface area contributed by atoms with Gasteiger partial charge in [0.2, 0.25) is 0 Å². The lowest BCUT2D eigenvalue weighted by atomic mass is 9.99. The fraction of sp³-hybridized carbons (Fsp3) is 0.611. The Balaban J connectivity index is 1.62. The van der Waals surface area contributed by atoms with Crippen molar-refractivity contribution in [2.24, 2.45) is 5.92 Å². The van der Waals surface area contributed by atoms with E-state index in [2.05, 4.69) is 54.5 Å². The van der Waals surface area contributed by atoms with Gasteiger partial charge in [-0.15, -0.1) is 0 Å². The van der Waals surface area contributed by atoms with Crippen LogP contribution in [0.15, 0.2) is 18.2 Å². The molecule has 0 radical (unpaired) electrons. The zero-order valence-electron chi connectivity index (χ0n) is 14.1. The molecule has 0 spiro atoms. The highest BCUT2D eigenvalue weighted by atomic mass is 32.1. The van der Waals surface area contributed by atoms with Crippen LogP contribution in [0.5, 0.6) is 0 Å². The van der Waals surface area contributed by atoms with Crippen molar-refractivity contribution in [2.45, 2.75) is 40.0 Å². The van der Waals surface area contributed by atoms with E-state index in [4.69, 9.17) is 12.2 Å². The van der Waals surface area contributed by atoms with Crippen LogP contribution in [0, 0.1) is 19.8 Å². The topological polar surface area (TPSA) is 27.3 Å². The Morgan fingerprint density at radius 3 is 2.64 bits per heavy atom. The van der Waals surface area contributed by atoms with E-state index in [9.17, 15) is 0 Å². The van der Waals surface area contributed by atoms with Crippen LogP contribution in [0.25, 0.3) is 0 Å². The van der Waals surface area contributed by atoms with Crippen LogP contribution in [0.3, 0.4) is 0 Å². The molecule has 0 aromatic heterocycles. The summed E-state index contributed by atoms with van der Waals surface area (Å²) in [4.78, 5) is 2.57. The van der Waals surface area contributed by atoms with Crippen molar-refractivity contribution in [3.8, 4) is 0 Å². The van der Waals surface area contributed by atoms with Crippen molar-refractivity contribution in [2.75, 3.05) is 31.5 Å². The van der Waals surface area contributed by atoms with E-state index in [1.807, 2.05) is 0 Å². The van der Waals surface area contributed by atoms with Crippen LogP contribution in [0.1, 0.15) is 37.3 Å². The highest BCUT2D eigenvalue weighted by molar-refractivity contribution is 7.80. The number of nitrogens with zero attached hydrogens (tertiary/aromatic N) is 1. The van der Waals surface area contributed by atoms with Crippen LogP contribution in [-0.4, -0.2) is 36.2 Å². The summed E-state index contributed by atoms with van der Waals surface area (Å²) in [6.07, 6.45) is 3.84. The zero-order valence-corrected chi connectivity index (χ0v) is 14.9. The predicted molar refractivity (Wildman–Crippen MR) is 99.6 cm³/mol. The molecular weight excluding hydrogens is 290 g/mol. The summed E-state index contributed by atoms with van der Waals surface area (Å²) in [7, 11) is 0. The van der Waals surface area contributed by atoms with Crippen LogP contribution in [0.4, 0.5) is 5.69 Å². The number of hydrogen-bond donors (Lipinski definition) is 2. The maximum atomic E-state index is 5.36. The highest BCUT2D eigenvalue weighted by Gasteiger charge is 2.14. The number of benzene rings is 1. The van der Waals surface area contributed by atoms with Gasteiger partial charge in [0, 0.05) is 12.2 Å². The second-order valence-corrected chi connectivity index (χ2v) is 6.97. The third-order valence-electron chi connectivity index (χ3n) is 4.58. The van der Waals surface area contributed by atoms with Crippen molar-refractivity contribution in [3.63, 3.8) is 0 Å². The molecule has 2 N–H and O–H groups in total. The average molecular weight is 320 g/mol. The summed E-state index contributed by atoms with van der Waals surface area (Å²) >= 11 is 5.36. The monoisotopic (exact) mass is 319 g/mol. The average Bonchev–Trinajstić information content (AvgIpc) is 2.49. The minimum atomic E-state index is 0.718. The van der Waals surface area contributed by atoms with E-state index in [0.29, 0.717) is 0 Å². The Morgan fingerprint density at radius 1 is 1.23 bits per heavy atom. The van der Waals surface area contributed by atoms with Gasteiger partial charge in [-0.05, 0) is 94.1 Å². The van der Waals surface area contributed by atoms with Gasteiger partial charge in [0.25, 0.3) is 0 Å². The molecule has 1 aliphatic heterocycles. The molecule has 0 atom stereocenters. The molecule has 1 aliphatic rings. The zero-order chi connectivity index (χ0) is 15.9. The first-order valence-corrected chi connectivity index (χ1v) is 8.80. The lowest BCUT2D eigenvalue weighted by molar-refractivity contribution is 0.191. The van der Waals surface area contributed by atoms with Gasteiger partial charge in [0.1, 0.15) is 0 Å². The van der Waals surface area contributed by atoms with E-state index in [-0.39, 0.29) is 0 Å². The summed E-state index contributed by atoms with van der Waals surface area (Å²) in [5, 5.41) is 7.29. The standard InChI is InChI=1S/C18H29N3S/c1-14-7-11-21(12-8-14)10-4-9-19-18(22)20-17-6-5-15(2)16(3)13-17/h5-6,13-14H,4,7-12H2,1-3H3,(H2,19,20,22).